The highest BCUT2D eigenvalue weighted by Gasteiger charge is 2.19. The van der Waals surface area contributed by atoms with Crippen LogP contribution in [0.1, 0.15) is 16.7 Å². The first-order valence-corrected chi connectivity index (χ1v) is 10.2. The maximum absolute atomic E-state index is 4.91. The van der Waals surface area contributed by atoms with Crippen LogP contribution in [-0.4, -0.2) is 48.1 Å². The largest absolute Gasteiger partial charge is 0.340 e. The summed E-state index contributed by atoms with van der Waals surface area (Å²) in [5, 5.41) is 3.58. The van der Waals surface area contributed by atoms with Gasteiger partial charge in [-0.15, -0.1) is 0 Å². The molecule has 0 unspecified atom stereocenters. The van der Waals surface area contributed by atoms with Gasteiger partial charge in [0.2, 0.25) is 5.95 Å². The quantitative estimate of drug-likeness (QED) is 0.711. The number of likely N-dealkylation sites (N-methyl/N-ethyl adjacent to an activating group) is 1. The van der Waals surface area contributed by atoms with Gasteiger partial charge < -0.3 is 15.1 Å². The van der Waals surface area contributed by atoms with Gasteiger partial charge in [-0.05, 0) is 38.9 Å². The van der Waals surface area contributed by atoms with Crippen LogP contribution in [0.3, 0.4) is 0 Å². The van der Waals surface area contributed by atoms with E-state index in [1.165, 1.54) is 16.7 Å². The third-order valence-corrected chi connectivity index (χ3v) is 5.50. The van der Waals surface area contributed by atoms with Gasteiger partial charge in [-0.2, -0.15) is 4.98 Å². The lowest BCUT2D eigenvalue weighted by Gasteiger charge is -2.32. The third-order valence-electron chi connectivity index (χ3n) is 5.50. The molecule has 3 aromatic rings. The molecular weight excluding hydrogens is 358 g/mol. The lowest BCUT2D eigenvalue weighted by atomic mass is 10.1. The normalized spacial score (nSPS) is 14.8. The molecule has 0 amide bonds. The summed E-state index contributed by atoms with van der Waals surface area (Å²) in [6.07, 6.45) is 0. The Hall–Kier alpha value is -2.92. The van der Waals surface area contributed by atoms with Gasteiger partial charge in [0.1, 0.15) is 5.82 Å². The van der Waals surface area contributed by atoms with E-state index in [0.717, 1.165) is 54.9 Å². The zero-order valence-corrected chi connectivity index (χ0v) is 17.7. The second-order valence-electron chi connectivity index (χ2n) is 7.99. The Bertz CT molecular complexity index is 968. The topological polar surface area (TPSA) is 44.3 Å². The van der Waals surface area contributed by atoms with Crippen LogP contribution in [0.2, 0.25) is 0 Å². The lowest BCUT2D eigenvalue weighted by molar-refractivity contribution is 0.311. The van der Waals surface area contributed by atoms with Gasteiger partial charge in [0.25, 0.3) is 0 Å². The second kappa shape index (κ2) is 8.21. The van der Waals surface area contributed by atoms with Crippen molar-refractivity contribution in [2.24, 2.45) is 0 Å². The van der Waals surface area contributed by atoms with Gasteiger partial charge in [-0.1, -0.05) is 48.0 Å². The Morgan fingerprint density at radius 2 is 1.48 bits per heavy atom. The summed E-state index contributed by atoms with van der Waals surface area (Å²) in [5.41, 5.74) is 6.89. The van der Waals surface area contributed by atoms with Crippen molar-refractivity contribution in [3.05, 3.63) is 65.2 Å². The Morgan fingerprint density at radius 3 is 2.14 bits per heavy atom. The van der Waals surface area contributed by atoms with Crippen LogP contribution < -0.4 is 10.2 Å². The molecule has 1 N–H and O–H groups in total. The van der Waals surface area contributed by atoms with E-state index in [9.17, 15) is 0 Å². The van der Waals surface area contributed by atoms with E-state index >= 15 is 0 Å². The van der Waals surface area contributed by atoms with E-state index in [1.54, 1.807) is 0 Å². The number of hydrogen-bond donors (Lipinski definition) is 1. The van der Waals surface area contributed by atoms with Crippen molar-refractivity contribution in [2.75, 3.05) is 43.4 Å². The zero-order chi connectivity index (χ0) is 20.4. The summed E-state index contributed by atoms with van der Waals surface area (Å²) < 4.78 is 0. The predicted molar refractivity (Wildman–Crippen MR) is 121 cm³/mol. The fraction of sp³-hybridized carbons (Fsp3) is 0.333. The van der Waals surface area contributed by atoms with Crippen molar-refractivity contribution >= 4 is 17.5 Å². The molecule has 0 radical (unpaired) electrons. The molecule has 0 atom stereocenters. The second-order valence-corrected chi connectivity index (χ2v) is 7.99. The van der Waals surface area contributed by atoms with Crippen molar-refractivity contribution in [1.82, 2.24) is 14.9 Å². The van der Waals surface area contributed by atoms with E-state index < -0.39 is 0 Å². The van der Waals surface area contributed by atoms with Crippen LogP contribution in [0.4, 0.5) is 17.5 Å². The highest BCUT2D eigenvalue weighted by molar-refractivity contribution is 5.70. The van der Waals surface area contributed by atoms with E-state index in [0.29, 0.717) is 0 Å². The minimum Gasteiger partial charge on any atom is -0.340 e. The first-order chi connectivity index (χ1) is 14.0. The predicted octanol–water partition coefficient (Wildman–Crippen LogP) is 4.56. The molecule has 150 valence electrons. The molecule has 0 saturated carbocycles. The zero-order valence-electron chi connectivity index (χ0n) is 17.7. The molecule has 2 aromatic carbocycles. The molecule has 0 aliphatic carbocycles. The molecule has 1 fully saturated rings. The van der Waals surface area contributed by atoms with Crippen LogP contribution in [0.25, 0.3) is 11.3 Å². The number of piperazine rings is 1. The number of anilines is 3. The van der Waals surface area contributed by atoms with Gasteiger partial charge in [-0.25, -0.2) is 4.98 Å². The van der Waals surface area contributed by atoms with Crippen LogP contribution in [0, 0.1) is 20.8 Å². The van der Waals surface area contributed by atoms with Crippen molar-refractivity contribution in [3.8, 4) is 11.3 Å². The number of nitrogens with one attached hydrogen (secondary N) is 1. The van der Waals surface area contributed by atoms with Crippen molar-refractivity contribution in [3.63, 3.8) is 0 Å². The molecule has 2 heterocycles. The molecule has 1 saturated heterocycles. The first-order valence-electron chi connectivity index (χ1n) is 10.2. The summed E-state index contributed by atoms with van der Waals surface area (Å²) in [7, 11) is 2.16. The average molecular weight is 388 g/mol. The maximum Gasteiger partial charge on any atom is 0.227 e. The molecule has 0 spiro atoms. The van der Waals surface area contributed by atoms with Crippen LogP contribution in [0.15, 0.2) is 48.5 Å². The molecule has 4 rings (SSSR count). The summed E-state index contributed by atoms with van der Waals surface area (Å²) in [4.78, 5) is 14.4. The number of aromatic nitrogens is 2. The number of rotatable bonds is 4. The minimum atomic E-state index is 0.796. The molecule has 5 heteroatoms. The van der Waals surface area contributed by atoms with Gasteiger partial charge >= 0.3 is 0 Å². The van der Waals surface area contributed by atoms with Gasteiger partial charge in [0.05, 0.1) is 5.69 Å². The van der Waals surface area contributed by atoms with E-state index in [4.69, 9.17) is 9.97 Å². The van der Waals surface area contributed by atoms with Crippen molar-refractivity contribution in [1.29, 1.82) is 0 Å². The first kappa shape index (κ1) is 19.4. The summed E-state index contributed by atoms with van der Waals surface area (Å²) in [6, 6.07) is 16.8. The Balaban J connectivity index is 1.74. The van der Waals surface area contributed by atoms with E-state index in [-0.39, 0.29) is 0 Å². The fourth-order valence-electron chi connectivity index (χ4n) is 3.91. The third kappa shape index (κ3) is 4.40. The monoisotopic (exact) mass is 387 g/mol. The average Bonchev–Trinajstić information content (AvgIpc) is 2.72. The SMILES string of the molecule is Cc1cc(C)c(Nc2cc(-c3ccccc3)nc(N3CCN(C)CC3)n2)c(C)c1. The number of aryl methyl sites for hydroxylation is 3. The smallest absolute Gasteiger partial charge is 0.227 e. The van der Waals surface area contributed by atoms with E-state index in [1.807, 2.05) is 24.3 Å². The van der Waals surface area contributed by atoms with Crippen molar-refractivity contribution in [2.45, 2.75) is 20.8 Å². The Labute approximate surface area is 173 Å². The molecule has 29 heavy (non-hydrogen) atoms. The Kier molecular flexibility index (Phi) is 5.49. The maximum atomic E-state index is 4.91. The number of nitrogens with zero attached hydrogens (tertiary/aromatic N) is 4. The number of benzene rings is 2. The molecular formula is C24H29N5. The minimum absolute atomic E-state index is 0.796. The van der Waals surface area contributed by atoms with Crippen LogP contribution in [-0.2, 0) is 0 Å². The molecule has 5 nitrogen and oxygen atoms in total. The van der Waals surface area contributed by atoms with Crippen LogP contribution >= 0.6 is 0 Å². The Morgan fingerprint density at radius 1 is 0.828 bits per heavy atom. The highest BCUT2D eigenvalue weighted by atomic mass is 15.3. The summed E-state index contributed by atoms with van der Waals surface area (Å²) in [6.45, 7) is 10.3. The summed E-state index contributed by atoms with van der Waals surface area (Å²) in [5.74, 6) is 1.63. The van der Waals surface area contributed by atoms with Crippen molar-refractivity contribution < 1.29 is 0 Å². The molecule has 1 aromatic heterocycles. The van der Waals surface area contributed by atoms with Gasteiger partial charge in [0, 0.05) is 43.5 Å². The van der Waals surface area contributed by atoms with Gasteiger partial charge in [-0.3, -0.25) is 0 Å². The highest BCUT2D eigenvalue weighted by Crippen LogP contribution is 2.29. The summed E-state index contributed by atoms with van der Waals surface area (Å²) >= 11 is 0. The molecule has 0 bridgehead atoms. The van der Waals surface area contributed by atoms with E-state index in [2.05, 4.69) is 67.2 Å². The standard InChI is InChI=1S/C24H29N5/c1-17-14-18(2)23(19(3)15-17)26-22-16-21(20-8-6-5-7-9-20)25-24(27-22)29-12-10-28(4)11-13-29/h5-9,14-16H,10-13H2,1-4H3,(H,25,26,27). The van der Waals surface area contributed by atoms with Crippen LogP contribution in [0.5, 0.6) is 0 Å². The number of hydrogen-bond acceptors (Lipinski definition) is 5. The fourth-order valence-corrected chi connectivity index (χ4v) is 3.91. The molecule has 1 aliphatic rings. The molecule has 1 aliphatic heterocycles. The van der Waals surface area contributed by atoms with Gasteiger partial charge in [0.15, 0.2) is 0 Å². The lowest BCUT2D eigenvalue weighted by Crippen LogP contribution is -2.45.